The highest BCUT2D eigenvalue weighted by Gasteiger charge is 2.19. The average molecular weight is 224 g/mol. The third-order valence-electron chi connectivity index (χ3n) is 2.50. The molecule has 1 atom stereocenters. The molecular formula is C10H16N4S. The summed E-state index contributed by atoms with van der Waals surface area (Å²) < 4.78 is 0. The molecule has 1 aromatic heterocycles. The third kappa shape index (κ3) is 2.34. The summed E-state index contributed by atoms with van der Waals surface area (Å²) in [6.07, 6.45) is 1.80. The van der Waals surface area contributed by atoms with E-state index in [9.17, 15) is 0 Å². The predicted molar refractivity (Wildman–Crippen MR) is 65.3 cm³/mol. The van der Waals surface area contributed by atoms with Crippen LogP contribution in [-0.2, 0) is 0 Å². The standard InChI is InChI=1S/C10H16N4S/c1-7-5-12-10(11)13-9(7)14-3-4-15-8(2)6-14/h5,8H,3-4,6H2,1-2H3,(H2,11,12,13). The summed E-state index contributed by atoms with van der Waals surface area (Å²) in [5.41, 5.74) is 6.71. The molecule has 15 heavy (non-hydrogen) atoms. The Hall–Kier alpha value is -0.970. The Kier molecular flexibility index (Phi) is 3.00. The third-order valence-corrected chi connectivity index (χ3v) is 3.64. The average Bonchev–Trinajstić information content (AvgIpc) is 2.22. The van der Waals surface area contributed by atoms with Crippen LogP contribution in [0.2, 0.25) is 0 Å². The Morgan fingerprint density at radius 2 is 2.40 bits per heavy atom. The maximum atomic E-state index is 5.61. The second-order valence-corrected chi connectivity index (χ2v) is 5.41. The highest BCUT2D eigenvalue weighted by molar-refractivity contribution is 8.00. The van der Waals surface area contributed by atoms with Gasteiger partial charge in [-0.25, -0.2) is 4.98 Å². The van der Waals surface area contributed by atoms with Crippen molar-refractivity contribution < 1.29 is 0 Å². The maximum absolute atomic E-state index is 5.61. The van der Waals surface area contributed by atoms with E-state index >= 15 is 0 Å². The van der Waals surface area contributed by atoms with Crippen molar-refractivity contribution in [3.63, 3.8) is 0 Å². The molecule has 82 valence electrons. The normalized spacial score (nSPS) is 21.7. The first kappa shape index (κ1) is 10.5. The van der Waals surface area contributed by atoms with Gasteiger partial charge in [-0.3, -0.25) is 0 Å². The zero-order valence-corrected chi connectivity index (χ0v) is 9.92. The van der Waals surface area contributed by atoms with Gasteiger partial charge in [0.05, 0.1) is 0 Å². The summed E-state index contributed by atoms with van der Waals surface area (Å²) in [6.45, 7) is 6.37. The van der Waals surface area contributed by atoms with Crippen molar-refractivity contribution in [3.8, 4) is 0 Å². The van der Waals surface area contributed by atoms with Gasteiger partial charge in [0.2, 0.25) is 5.95 Å². The van der Waals surface area contributed by atoms with Gasteiger partial charge >= 0.3 is 0 Å². The van der Waals surface area contributed by atoms with Gasteiger partial charge in [0.15, 0.2) is 0 Å². The Balaban J connectivity index is 2.24. The van der Waals surface area contributed by atoms with Crippen molar-refractivity contribution in [2.45, 2.75) is 19.1 Å². The molecule has 1 saturated heterocycles. The lowest BCUT2D eigenvalue weighted by Gasteiger charge is -2.32. The second-order valence-electron chi connectivity index (χ2n) is 3.86. The van der Waals surface area contributed by atoms with Crippen molar-refractivity contribution >= 4 is 23.5 Å². The quantitative estimate of drug-likeness (QED) is 0.779. The molecule has 0 aliphatic carbocycles. The van der Waals surface area contributed by atoms with Crippen LogP contribution in [0.25, 0.3) is 0 Å². The minimum atomic E-state index is 0.362. The Morgan fingerprint density at radius 3 is 3.13 bits per heavy atom. The number of anilines is 2. The zero-order chi connectivity index (χ0) is 10.8. The molecule has 0 radical (unpaired) electrons. The minimum absolute atomic E-state index is 0.362. The number of nitrogens with zero attached hydrogens (tertiary/aromatic N) is 3. The number of aryl methyl sites for hydroxylation is 1. The molecule has 4 nitrogen and oxygen atoms in total. The molecule has 1 fully saturated rings. The van der Waals surface area contributed by atoms with Gasteiger partial charge in [-0.05, 0) is 6.92 Å². The Bertz CT molecular complexity index is 355. The fraction of sp³-hybridized carbons (Fsp3) is 0.600. The van der Waals surface area contributed by atoms with Crippen molar-refractivity contribution in [1.82, 2.24) is 9.97 Å². The monoisotopic (exact) mass is 224 g/mol. The first-order valence-corrected chi connectivity index (χ1v) is 6.17. The molecule has 2 N–H and O–H groups in total. The second kappa shape index (κ2) is 4.26. The SMILES string of the molecule is Cc1cnc(N)nc1N1CCSC(C)C1. The van der Waals surface area contributed by atoms with Crippen LogP contribution in [-0.4, -0.2) is 34.1 Å². The van der Waals surface area contributed by atoms with Gasteiger partial charge in [0, 0.05) is 35.9 Å². The fourth-order valence-electron chi connectivity index (χ4n) is 1.78. The molecule has 5 heteroatoms. The van der Waals surface area contributed by atoms with Crippen molar-refractivity contribution in [2.75, 3.05) is 29.5 Å². The molecule has 0 aromatic carbocycles. The topological polar surface area (TPSA) is 55.0 Å². The maximum Gasteiger partial charge on any atom is 0.221 e. The lowest BCUT2D eigenvalue weighted by molar-refractivity contribution is 0.765. The van der Waals surface area contributed by atoms with Gasteiger partial charge < -0.3 is 10.6 Å². The van der Waals surface area contributed by atoms with Crippen LogP contribution in [0.3, 0.4) is 0 Å². The van der Waals surface area contributed by atoms with E-state index in [1.807, 2.05) is 18.7 Å². The van der Waals surface area contributed by atoms with Crippen molar-refractivity contribution in [1.29, 1.82) is 0 Å². The molecule has 1 aliphatic heterocycles. The number of thioether (sulfide) groups is 1. The van der Waals surface area contributed by atoms with E-state index < -0.39 is 0 Å². The number of hydrogen-bond donors (Lipinski definition) is 1. The molecule has 0 bridgehead atoms. The number of nitrogens with two attached hydrogens (primary N) is 1. The van der Waals surface area contributed by atoms with E-state index in [1.54, 1.807) is 6.20 Å². The van der Waals surface area contributed by atoms with Gasteiger partial charge in [0.1, 0.15) is 5.82 Å². The fourth-order valence-corrected chi connectivity index (χ4v) is 2.79. The van der Waals surface area contributed by atoms with Gasteiger partial charge in [-0.1, -0.05) is 6.92 Å². The molecule has 1 aromatic rings. The molecule has 0 saturated carbocycles. The van der Waals surface area contributed by atoms with Crippen molar-refractivity contribution in [2.24, 2.45) is 0 Å². The number of rotatable bonds is 1. The van der Waals surface area contributed by atoms with Crippen LogP contribution in [0, 0.1) is 6.92 Å². The van der Waals surface area contributed by atoms with E-state index in [-0.39, 0.29) is 0 Å². The van der Waals surface area contributed by atoms with E-state index in [1.165, 1.54) is 0 Å². The lowest BCUT2D eigenvalue weighted by Crippen LogP contribution is -2.37. The molecule has 2 heterocycles. The lowest BCUT2D eigenvalue weighted by atomic mass is 10.3. The number of nitrogen functional groups attached to an aromatic ring is 1. The zero-order valence-electron chi connectivity index (χ0n) is 9.10. The summed E-state index contributed by atoms with van der Waals surface area (Å²) in [6, 6.07) is 0. The summed E-state index contributed by atoms with van der Waals surface area (Å²) >= 11 is 2.01. The van der Waals surface area contributed by atoms with Crippen LogP contribution in [0.15, 0.2) is 6.20 Å². The molecule has 2 rings (SSSR count). The van der Waals surface area contributed by atoms with Crippen LogP contribution >= 0.6 is 11.8 Å². The van der Waals surface area contributed by atoms with Gasteiger partial charge in [-0.2, -0.15) is 16.7 Å². The van der Waals surface area contributed by atoms with Gasteiger partial charge in [-0.15, -0.1) is 0 Å². The number of aromatic nitrogens is 2. The van der Waals surface area contributed by atoms with Crippen LogP contribution in [0.1, 0.15) is 12.5 Å². The molecule has 0 amide bonds. The van der Waals surface area contributed by atoms with E-state index in [2.05, 4.69) is 21.8 Å². The van der Waals surface area contributed by atoms with E-state index in [0.29, 0.717) is 11.2 Å². The highest BCUT2D eigenvalue weighted by Crippen LogP contribution is 2.24. The Labute approximate surface area is 94.3 Å². The summed E-state index contributed by atoms with van der Waals surface area (Å²) in [5.74, 6) is 2.51. The van der Waals surface area contributed by atoms with E-state index in [4.69, 9.17) is 5.73 Å². The molecule has 0 spiro atoms. The summed E-state index contributed by atoms with van der Waals surface area (Å²) in [5, 5.41) is 0.661. The van der Waals surface area contributed by atoms with Crippen LogP contribution in [0.4, 0.5) is 11.8 Å². The smallest absolute Gasteiger partial charge is 0.221 e. The first-order valence-electron chi connectivity index (χ1n) is 5.12. The Morgan fingerprint density at radius 1 is 1.60 bits per heavy atom. The molecular weight excluding hydrogens is 208 g/mol. The summed E-state index contributed by atoms with van der Waals surface area (Å²) in [4.78, 5) is 10.6. The van der Waals surface area contributed by atoms with Crippen molar-refractivity contribution in [3.05, 3.63) is 11.8 Å². The van der Waals surface area contributed by atoms with Crippen LogP contribution in [0.5, 0.6) is 0 Å². The number of hydrogen-bond acceptors (Lipinski definition) is 5. The molecule has 1 unspecified atom stereocenters. The van der Waals surface area contributed by atoms with Gasteiger partial charge in [0.25, 0.3) is 0 Å². The van der Waals surface area contributed by atoms with Crippen LogP contribution < -0.4 is 10.6 Å². The summed E-state index contributed by atoms with van der Waals surface area (Å²) in [7, 11) is 0. The minimum Gasteiger partial charge on any atom is -0.368 e. The molecule has 1 aliphatic rings. The largest absolute Gasteiger partial charge is 0.368 e. The van der Waals surface area contributed by atoms with E-state index in [0.717, 1.165) is 30.2 Å². The highest BCUT2D eigenvalue weighted by atomic mass is 32.2. The predicted octanol–water partition coefficient (Wildman–Crippen LogP) is 1.31. The first-order chi connectivity index (χ1) is 7.16.